The van der Waals surface area contributed by atoms with Crippen LogP contribution in [-0.2, 0) is 13.0 Å². The van der Waals surface area contributed by atoms with E-state index < -0.39 is 0 Å². The Balaban J connectivity index is 1.91. The van der Waals surface area contributed by atoms with Gasteiger partial charge in [-0.05, 0) is 34.7 Å². The standard InChI is InChI=1S/C18H22N2O/c1-13(2)16-7-3-15(4-8-16)12-21-17-9-5-14(6-10-17)11-18(19)20/h3-10,13H,11-12H2,1-2H3,(H3,19,20). The Morgan fingerprint density at radius 1 is 1.00 bits per heavy atom. The summed E-state index contributed by atoms with van der Waals surface area (Å²) >= 11 is 0. The van der Waals surface area contributed by atoms with Crippen LogP contribution in [0, 0.1) is 5.41 Å². The molecule has 3 heteroatoms. The van der Waals surface area contributed by atoms with Gasteiger partial charge in [0.15, 0.2) is 0 Å². The van der Waals surface area contributed by atoms with E-state index in [2.05, 4.69) is 38.1 Å². The molecule has 21 heavy (non-hydrogen) atoms. The molecular formula is C18H22N2O. The maximum Gasteiger partial charge on any atom is 0.119 e. The summed E-state index contributed by atoms with van der Waals surface area (Å²) < 4.78 is 5.77. The van der Waals surface area contributed by atoms with Crippen molar-refractivity contribution in [1.29, 1.82) is 5.41 Å². The first-order valence-electron chi connectivity index (χ1n) is 7.18. The Bertz CT molecular complexity index is 586. The van der Waals surface area contributed by atoms with Gasteiger partial charge in [0.25, 0.3) is 0 Å². The number of rotatable bonds is 6. The van der Waals surface area contributed by atoms with E-state index in [4.69, 9.17) is 15.9 Å². The molecule has 0 aliphatic rings. The molecular weight excluding hydrogens is 260 g/mol. The fourth-order valence-electron chi connectivity index (χ4n) is 2.09. The van der Waals surface area contributed by atoms with E-state index >= 15 is 0 Å². The molecule has 0 bridgehead atoms. The SMILES string of the molecule is CC(C)c1ccc(COc2ccc(CC(=N)N)cc2)cc1. The third-order valence-corrected chi connectivity index (χ3v) is 3.37. The van der Waals surface area contributed by atoms with Crippen molar-refractivity contribution in [3.8, 4) is 5.75 Å². The van der Waals surface area contributed by atoms with E-state index in [0.29, 0.717) is 18.9 Å². The van der Waals surface area contributed by atoms with Crippen LogP contribution in [0.3, 0.4) is 0 Å². The molecule has 0 spiro atoms. The molecule has 3 N–H and O–H groups in total. The Hall–Kier alpha value is -2.29. The highest BCUT2D eigenvalue weighted by molar-refractivity contribution is 5.79. The van der Waals surface area contributed by atoms with E-state index in [1.165, 1.54) is 5.56 Å². The minimum atomic E-state index is 0.175. The first-order chi connectivity index (χ1) is 10.0. The molecule has 2 rings (SSSR count). The average Bonchev–Trinajstić information content (AvgIpc) is 2.46. The summed E-state index contributed by atoms with van der Waals surface area (Å²) in [6, 6.07) is 16.2. The third-order valence-electron chi connectivity index (χ3n) is 3.37. The van der Waals surface area contributed by atoms with Crippen LogP contribution in [0.5, 0.6) is 5.75 Å². The van der Waals surface area contributed by atoms with Crippen molar-refractivity contribution in [2.75, 3.05) is 0 Å². The summed E-state index contributed by atoms with van der Waals surface area (Å²) in [4.78, 5) is 0. The molecule has 0 fully saturated rings. The van der Waals surface area contributed by atoms with Gasteiger partial charge < -0.3 is 10.5 Å². The molecule has 0 aliphatic heterocycles. The van der Waals surface area contributed by atoms with E-state index in [1.807, 2.05) is 24.3 Å². The number of nitrogens with one attached hydrogen (secondary N) is 1. The summed E-state index contributed by atoms with van der Waals surface area (Å²) in [5.74, 6) is 1.55. The lowest BCUT2D eigenvalue weighted by molar-refractivity contribution is 0.306. The van der Waals surface area contributed by atoms with Gasteiger partial charge in [0.1, 0.15) is 12.4 Å². The van der Waals surface area contributed by atoms with Gasteiger partial charge >= 0.3 is 0 Å². The molecule has 2 aromatic carbocycles. The molecule has 0 amide bonds. The fraction of sp³-hybridized carbons (Fsp3) is 0.278. The lowest BCUT2D eigenvalue weighted by atomic mass is 10.0. The van der Waals surface area contributed by atoms with Crippen molar-refractivity contribution in [3.05, 3.63) is 65.2 Å². The van der Waals surface area contributed by atoms with Crippen molar-refractivity contribution >= 4 is 5.84 Å². The fourth-order valence-corrected chi connectivity index (χ4v) is 2.09. The van der Waals surface area contributed by atoms with Crippen LogP contribution < -0.4 is 10.5 Å². The highest BCUT2D eigenvalue weighted by Gasteiger charge is 2.01. The molecule has 110 valence electrons. The van der Waals surface area contributed by atoms with Crippen LogP contribution in [-0.4, -0.2) is 5.84 Å². The monoisotopic (exact) mass is 282 g/mol. The molecule has 3 nitrogen and oxygen atoms in total. The van der Waals surface area contributed by atoms with Crippen LogP contribution >= 0.6 is 0 Å². The quantitative estimate of drug-likeness (QED) is 0.624. The molecule has 0 radical (unpaired) electrons. The van der Waals surface area contributed by atoms with Crippen LogP contribution in [0.1, 0.15) is 36.5 Å². The third kappa shape index (κ3) is 4.63. The normalized spacial score (nSPS) is 10.6. The van der Waals surface area contributed by atoms with Crippen molar-refractivity contribution in [2.45, 2.75) is 32.8 Å². The van der Waals surface area contributed by atoms with Gasteiger partial charge in [-0.1, -0.05) is 50.2 Å². The van der Waals surface area contributed by atoms with Gasteiger partial charge in [-0.3, -0.25) is 5.41 Å². The average molecular weight is 282 g/mol. The van der Waals surface area contributed by atoms with Gasteiger partial charge in [0.05, 0.1) is 5.84 Å². The molecule has 2 aromatic rings. The van der Waals surface area contributed by atoms with Gasteiger partial charge in [-0.2, -0.15) is 0 Å². The highest BCUT2D eigenvalue weighted by Crippen LogP contribution is 2.17. The Morgan fingerprint density at radius 2 is 1.57 bits per heavy atom. The Kier molecular flexibility index (Phi) is 4.99. The van der Waals surface area contributed by atoms with Crippen LogP contribution in [0.25, 0.3) is 0 Å². The second kappa shape index (κ2) is 6.93. The predicted octanol–water partition coefficient (Wildman–Crippen LogP) is 3.87. The number of nitrogens with two attached hydrogens (primary N) is 1. The Morgan fingerprint density at radius 3 is 2.10 bits per heavy atom. The number of amidine groups is 1. The summed E-state index contributed by atoms with van der Waals surface area (Å²) in [7, 11) is 0. The maximum atomic E-state index is 7.27. The lowest BCUT2D eigenvalue weighted by Gasteiger charge is -2.09. The van der Waals surface area contributed by atoms with E-state index in [-0.39, 0.29) is 5.84 Å². The topological polar surface area (TPSA) is 59.1 Å². The molecule has 0 heterocycles. The molecule has 0 aliphatic carbocycles. The van der Waals surface area contributed by atoms with Crippen molar-refractivity contribution in [3.63, 3.8) is 0 Å². The molecule has 0 saturated heterocycles. The van der Waals surface area contributed by atoms with Crippen LogP contribution in [0.15, 0.2) is 48.5 Å². The number of benzene rings is 2. The van der Waals surface area contributed by atoms with E-state index in [9.17, 15) is 0 Å². The first-order valence-corrected chi connectivity index (χ1v) is 7.18. The van der Waals surface area contributed by atoms with E-state index in [0.717, 1.165) is 16.9 Å². The predicted molar refractivity (Wildman–Crippen MR) is 86.9 cm³/mol. The Labute approximate surface area is 126 Å². The minimum absolute atomic E-state index is 0.175. The highest BCUT2D eigenvalue weighted by atomic mass is 16.5. The molecule has 0 atom stereocenters. The van der Waals surface area contributed by atoms with E-state index in [1.54, 1.807) is 0 Å². The second-order valence-corrected chi connectivity index (χ2v) is 5.53. The smallest absolute Gasteiger partial charge is 0.119 e. The number of hydrogen-bond acceptors (Lipinski definition) is 2. The molecule has 0 saturated carbocycles. The number of ether oxygens (including phenoxy) is 1. The van der Waals surface area contributed by atoms with Gasteiger partial charge in [0.2, 0.25) is 0 Å². The number of hydrogen-bond donors (Lipinski definition) is 2. The minimum Gasteiger partial charge on any atom is -0.489 e. The summed E-state index contributed by atoms with van der Waals surface area (Å²) in [6.45, 7) is 4.94. The maximum absolute atomic E-state index is 7.27. The van der Waals surface area contributed by atoms with Gasteiger partial charge in [-0.25, -0.2) is 0 Å². The summed E-state index contributed by atoms with van der Waals surface area (Å²) in [6.07, 6.45) is 0.483. The zero-order valence-electron chi connectivity index (χ0n) is 12.6. The molecule has 0 aromatic heterocycles. The first kappa shape index (κ1) is 15.1. The van der Waals surface area contributed by atoms with Crippen molar-refractivity contribution in [2.24, 2.45) is 5.73 Å². The van der Waals surface area contributed by atoms with Crippen molar-refractivity contribution in [1.82, 2.24) is 0 Å². The second-order valence-electron chi connectivity index (χ2n) is 5.53. The zero-order chi connectivity index (χ0) is 15.2. The van der Waals surface area contributed by atoms with Crippen molar-refractivity contribution < 1.29 is 4.74 Å². The largest absolute Gasteiger partial charge is 0.489 e. The molecule has 0 unspecified atom stereocenters. The zero-order valence-corrected chi connectivity index (χ0v) is 12.6. The van der Waals surface area contributed by atoms with Crippen LogP contribution in [0.4, 0.5) is 0 Å². The summed E-state index contributed by atoms with van der Waals surface area (Å²) in [5, 5.41) is 7.27. The lowest BCUT2D eigenvalue weighted by Crippen LogP contribution is -2.12. The van der Waals surface area contributed by atoms with Gasteiger partial charge in [0, 0.05) is 6.42 Å². The van der Waals surface area contributed by atoms with Gasteiger partial charge in [-0.15, -0.1) is 0 Å². The van der Waals surface area contributed by atoms with Crippen LogP contribution in [0.2, 0.25) is 0 Å². The summed E-state index contributed by atoms with van der Waals surface area (Å²) in [5.41, 5.74) is 8.91.